The molecule has 0 bridgehead atoms. The average molecular weight is 449 g/mol. The highest BCUT2D eigenvalue weighted by atomic mass is 127. The predicted molar refractivity (Wildman–Crippen MR) is 112 cm³/mol. The van der Waals surface area contributed by atoms with E-state index in [1.54, 1.807) is 0 Å². The minimum absolute atomic E-state index is 0. The molecule has 24 heavy (non-hydrogen) atoms. The van der Waals surface area contributed by atoms with Gasteiger partial charge in [-0.05, 0) is 37.5 Å². The molecule has 0 aliphatic rings. The number of benzene rings is 1. The smallest absolute Gasteiger partial charge is 0.191 e. The van der Waals surface area contributed by atoms with Crippen molar-refractivity contribution in [2.24, 2.45) is 10.9 Å². The van der Waals surface area contributed by atoms with Crippen LogP contribution in [0.3, 0.4) is 0 Å². The van der Waals surface area contributed by atoms with E-state index in [2.05, 4.69) is 48.5 Å². The van der Waals surface area contributed by atoms with Gasteiger partial charge in [-0.2, -0.15) is 0 Å². The first-order valence-electron chi connectivity index (χ1n) is 8.47. The lowest BCUT2D eigenvalue weighted by molar-refractivity contribution is 0.152. The fourth-order valence-electron chi connectivity index (χ4n) is 1.89. The standard InChI is InChI=1S/C18H31N3O2.HI/c1-5-19-18(20-10-11-22-6-2)21-13-16-8-7-9-17(12-16)23-14-15(3)4;/h7-9,12,15H,5-6,10-11,13-14H2,1-4H3,(H2,19,20,21);1H. The normalized spacial score (nSPS) is 11.1. The van der Waals surface area contributed by atoms with E-state index < -0.39 is 0 Å². The first-order valence-corrected chi connectivity index (χ1v) is 8.47. The minimum Gasteiger partial charge on any atom is -0.493 e. The molecule has 0 saturated carbocycles. The lowest BCUT2D eigenvalue weighted by Gasteiger charge is -2.12. The molecule has 1 aromatic rings. The molecule has 0 atom stereocenters. The van der Waals surface area contributed by atoms with Crippen molar-refractivity contribution in [3.63, 3.8) is 0 Å². The minimum atomic E-state index is 0. The molecular formula is C18H32IN3O2. The molecule has 0 spiro atoms. The molecule has 0 aromatic heterocycles. The second kappa shape index (κ2) is 14.3. The second-order valence-electron chi connectivity index (χ2n) is 5.67. The van der Waals surface area contributed by atoms with Gasteiger partial charge >= 0.3 is 0 Å². The Hall–Kier alpha value is -1.02. The number of guanidine groups is 1. The van der Waals surface area contributed by atoms with Crippen molar-refractivity contribution < 1.29 is 9.47 Å². The quantitative estimate of drug-likeness (QED) is 0.249. The molecule has 0 heterocycles. The number of nitrogens with zero attached hydrogens (tertiary/aromatic N) is 1. The van der Waals surface area contributed by atoms with Gasteiger partial charge in [-0.15, -0.1) is 24.0 Å². The van der Waals surface area contributed by atoms with Gasteiger partial charge in [0.05, 0.1) is 19.8 Å². The summed E-state index contributed by atoms with van der Waals surface area (Å²) < 4.78 is 11.1. The summed E-state index contributed by atoms with van der Waals surface area (Å²) in [6, 6.07) is 8.11. The molecule has 0 fully saturated rings. The first-order chi connectivity index (χ1) is 11.2. The summed E-state index contributed by atoms with van der Waals surface area (Å²) in [5.41, 5.74) is 1.13. The maximum atomic E-state index is 5.76. The Balaban J connectivity index is 0.00000529. The summed E-state index contributed by atoms with van der Waals surface area (Å²) in [7, 11) is 0. The molecule has 6 heteroatoms. The van der Waals surface area contributed by atoms with Crippen LogP contribution < -0.4 is 15.4 Å². The van der Waals surface area contributed by atoms with Crippen LogP contribution in [0.15, 0.2) is 29.3 Å². The largest absolute Gasteiger partial charge is 0.493 e. The van der Waals surface area contributed by atoms with Crippen molar-refractivity contribution in [3.05, 3.63) is 29.8 Å². The van der Waals surface area contributed by atoms with Gasteiger partial charge in [0.15, 0.2) is 5.96 Å². The Kier molecular flexibility index (Phi) is 13.7. The third-order valence-corrected chi connectivity index (χ3v) is 2.99. The summed E-state index contributed by atoms with van der Waals surface area (Å²) in [6.07, 6.45) is 0. The van der Waals surface area contributed by atoms with Gasteiger partial charge in [-0.1, -0.05) is 26.0 Å². The van der Waals surface area contributed by atoms with Crippen molar-refractivity contribution in [3.8, 4) is 5.75 Å². The Morgan fingerprint density at radius 3 is 2.67 bits per heavy atom. The highest BCUT2D eigenvalue weighted by molar-refractivity contribution is 14.0. The Bertz CT molecular complexity index is 467. The highest BCUT2D eigenvalue weighted by Crippen LogP contribution is 2.15. The van der Waals surface area contributed by atoms with Gasteiger partial charge in [0.2, 0.25) is 0 Å². The van der Waals surface area contributed by atoms with Crippen LogP contribution in [0.2, 0.25) is 0 Å². The lowest BCUT2D eigenvalue weighted by Crippen LogP contribution is -2.39. The SMILES string of the molecule is CCNC(=NCc1cccc(OCC(C)C)c1)NCCOCC.I. The van der Waals surface area contributed by atoms with E-state index in [0.29, 0.717) is 19.1 Å². The maximum absolute atomic E-state index is 5.76. The number of hydrogen-bond donors (Lipinski definition) is 2. The molecule has 0 amide bonds. The summed E-state index contributed by atoms with van der Waals surface area (Å²) in [6.45, 7) is 12.7. The van der Waals surface area contributed by atoms with Gasteiger partial charge in [-0.25, -0.2) is 4.99 Å². The third kappa shape index (κ3) is 10.7. The van der Waals surface area contributed by atoms with Gasteiger partial charge in [0.25, 0.3) is 0 Å². The Morgan fingerprint density at radius 2 is 2.00 bits per heavy atom. The number of ether oxygens (including phenoxy) is 2. The van der Waals surface area contributed by atoms with Gasteiger partial charge in [-0.3, -0.25) is 0 Å². The summed E-state index contributed by atoms with van der Waals surface area (Å²) in [5.74, 6) is 2.23. The van der Waals surface area contributed by atoms with Crippen LogP contribution in [-0.2, 0) is 11.3 Å². The topological polar surface area (TPSA) is 54.9 Å². The van der Waals surface area contributed by atoms with Crippen LogP contribution >= 0.6 is 24.0 Å². The van der Waals surface area contributed by atoms with Gasteiger partial charge < -0.3 is 20.1 Å². The molecule has 0 unspecified atom stereocenters. The van der Waals surface area contributed by atoms with E-state index in [-0.39, 0.29) is 24.0 Å². The number of rotatable bonds is 10. The van der Waals surface area contributed by atoms with Crippen molar-refractivity contribution in [2.45, 2.75) is 34.2 Å². The van der Waals surface area contributed by atoms with Gasteiger partial charge in [0, 0.05) is 19.7 Å². The Morgan fingerprint density at radius 1 is 1.21 bits per heavy atom. The fourth-order valence-corrected chi connectivity index (χ4v) is 1.89. The molecule has 138 valence electrons. The van der Waals surface area contributed by atoms with E-state index >= 15 is 0 Å². The van der Waals surface area contributed by atoms with Crippen molar-refractivity contribution in [2.75, 3.05) is 32.9 Å². The molecular weight excluding hydrogens is 417 g/mol. The van der Waals surface area contributed by atoms with Crippen molar-refractivity contribution in [1.82, 2.24) is 10.6 Å². The third-order valence-electron chi connectivity index (χ3n) is 2.99. The molecule has 5 nitrogen and oxygen atoms in total. The maximum Gasteiger partial charge on any atom is 0.191 e. The van der Waals surface area contributed by atoms with Gasteiger partial charge in [0.1, 0.15) is 5.75 Å². The zero-order valence-electron chi connectivity index (χ0n) is 15.3. The molecule has 0 aliphatic carbocycles. The summed E-state index contributed by atoms with van der Waals surface area (Å²) in [4.78, 5) is 4.60. The predicted octanol–water partition coefficient (Wildman–Crippen LogP) is 3.43. The molecule has 0 aliphatic heterocycles. The molecule has 0 saturated heterocycles. The van der Waals surface area contributed by atoms with E-state index in [0.717, 1.165) is 43.6 Å². The number of halogens is 1. The van der Waals surface area contributed by atoms with E-state index in [1.807, 2.05) is 19.1 Å². The monoisotopic (exact) mass is 449 g/mol. The van der Waals surface area contributed by atoms with Crippen LogP contribution in [0.25, 0.3) is 0 Å². The van der Waals surface area contributed by atoms with Crippen LogP contribution in [-0.4, -0.2) is 38.9 Å². The van der Waals surface area contributed by atoms with Crippen LogP contribution in [0.1, 0.15) is 33.3 Å². The molecule has 0 radical (unpaired) electrons. The van der Waals surface area contributed by atoms with Crippen LogP contribution in [0, 0.1) is 5.92 Å². The molecule has 2 N–H and O–H groups in total. The number of hydrogen-bond acceptors (Lipinski definition) is 3. The van der Waals surface area contributed by atoms with Crippen molar-refractivity contribution in [1.29, 1.82) is 0 Å². The van der Waals surface area contributed by atoms with Crippen molar-refractivity contribution >= 4 is 29.9 Å². The summed E-state index contributed by atoms with van der Waals surface area (Å²) in [5, 5.41) is 6.50. The average Bonchev–Trinajstić information content (AvgIpc) is 2.55. The first kappa shape index (κ1) is 23.0. The highest BCUT2D eigenvalue weighted by Gasteiger charge is 2.00. The van der Waals surface area contributed by atoms with E-state index in [9.17, 15) is 0 Å². The lowest BCUT2D eigenvalue weighted by atomic mass is 10.2. The van der Waals surface area contributed by atoms with E-state index in [4.69, 9.17) is 9.47 Å². The van der Waals surface area contributed by atoms with Crippen LogP contribution in [0.4, 0.5) is 0 Å². The zero-order chi connectivity index (χ0) is 16.9. The fraction of sp³-hybridized carbons (Fsp3) is 0.611. The molecule has 1 rings (SSSR count). The van der Waals surface area contributed by atoms with Crippen LogP contribution in [0.5, 0.6) is 5.75 Å². The van der Waals surface area contributed by atoms with E-state index in [1.165, 1.54) is 0 Å². The summed E-state index contributed by atoms with van der Waals surface area (Å²) >= 11 is 0. The Labute approximate surface area is 163 Å². The number of aliphatic imine (C=N–C) groups is 1. The zero-order valence-corrected chi connectivity index (χ0v) is 17.6. The number of nitrogens with one attached hydrogen (secondary N) is 2. The second-order valence-corrected chi connectivity index (χ2v) is 5.67. The molecule has 1 aromatic carbocycles.